The van der Waals surface area contributed by atoms with Crippen molar-refractivity contribution in [2.75, 3.05) is 0 Å². The van der Waals surface area contributed by atoms with E-state index in [9.17, 15) is 0 Å². The van der Waals surface area contributed by atoms with E-state index in [1.807, 2.05) is 60.7 Å². The van der Waals surface area contributed by atoms with Crippen LogP contribution in [0.15, 0.2) is 207 Å². The summed E-state index contributed by atoms with van der Waals surface area (Å²) < 4.78 is 8.89. The second kappa shape index (κ2) is 14.6. The number of hydrogen-bond donors (Lipinski definition) is 0. The molecule has 0 aliphatic heterocycles. The Morgan fingerprint density at radius 1 is 0.621 bits per heavy atom. The van der Waals surface area contributed by atoms with Crippen LogP contribution in [0.5, 0.6) is 0 Å². The zero-order valence-electron chi connectivity index (χ0n) is 32.2. The number of fused-ring (bicyclic) bond motifs is 6. The third-order valence-electron chi connectivity index (χ3n) is 11.4. The standard InChI is InChI=1S/C53H40N4O/c1-53(29-12-5-13-30-53)41-24-27-48-45(33-41)43-21-10-11-22-47(43)57(48)42-25-28-49-46(34-42)44-26-23-36(31-50(44)58-49)35-55-52(56-51(54-2)38-17-8-4-9-18-38)40-20-14-19-39(32-40)37-15-6-3-7-16-37/h3-29,31-34H,2,30,35H2,1H3/b55-52-,56-51-. The Morgan fingerprint density at radius 3 is 2.22 bits per heavy atom. The molecule has 2 aromatic heterocycles. The third kappa shape index (κ3) is 6.37. The van der Waals surface area contributed by atoms with Gasteiger partial charge in [0.2, 0.25) is 0 Å². The molecule has 1 aliphatic carbocycles. The van der Waals surface area contributed by atoms with Gasteiger partial charge < -0.3 is 8.98 Å². The fraction of sp³-hybridized carbons (Fsp3) is 0.0755. The second-order valence-corrected chi connectivity index (χ2v) is 15.2. The van der Waals surface area contributed by atoms with Crippen LogP contribution < -0.4 is 0 Å². The minimum absolute atomic E-state index is 0.0267. The van der Waals surface area contributed by atoms with Gasteiger partial charge in [0.25, 0.3) is 0 Å². The van der Waals surface area contributed by atoms with Crippen molar-refractivity contribution in [2.24, 2.45) is 15.0 Å². The molecule has 7 aromatic carbocycles. The average molecular weight is 749 g/mol. The lowest BCUT2D eigenvalue weighted by atomic mass is 9.77. The summed E-state index contributed by atoms with van der Waals surface area (Å²) in [5, 5.41) is 4.64. The molecule has 1 unspecified atom stereocenters. The van der Waals surface area contributed by atoms with Gasteiger partial charge in [-0.25, -0.2) is 9.98 Å². The predicted molar refractivity (Wildman–Crippen MR) is 243 cm³/mol. The van der Waals surface area contributed by atoms with Crippen LogP contribution in [0.1, 0.15) is 35.6 Å². The summed E-state index contributed by atoms with van der Waals surface area (Å²) in [7, 11) is 0. The number of allylic oxidation sites excluding steroid dienone is 4. The summed E-state index contributed by atoms with van der Waals surface area (Å²) in [6.45, 7) is 6.57. The van der Waals surface area contributed by atoms with E-state index in [2.05, 4.69) is 151 Å². The molecule has 0 spiro atoms. The molecule has 0 amide bonds. The van der Waals surface area contributed by atoms with Crippen molar-refractivity contribution in [3.05, 3.63) is 210 Å². The molecule has 0 radical (unpaired) electrons. The van der Waals surface area contributed by atoms with Gasteiger partial charge in [0.1, 0.15) is 11.2 Å². The molecule has 5 nitrogen and oxygen atoms in total. The summed E-state index contributed by atoms with van der Waals surface area (Å²) in [6.07, 6.45) is 9.88. The lowest BCUT2D eigenvalue weighted by Crippen LogP contribution is -2.19. The maximum absolute atomic E-state index is 6.51. The predicted octanol–water partition coefficient (Wildman–Crippen LogP) is 13.2. The number of benzene rings is 7. The molecule has 0 saturated heterocycles. The van der Waals surface area contributed by atoms with E-state index in [0.717, 1.165) is 61.9 Å². The molecular weight excluding hydrogens is 709 g/mol. The first-order valence-electron chi connectivity index (χ1n) is 19.7. The molecule has 0 fully saturated rings. The number of para-hydroxylation sites is 1. The zero-order chi connectivity index (χ0) is 39.1. The number of hydrogen-bond acceptors (Lipinski definition) is 2. The van der Waals surface area contributed by atoms with Crippen molar-refractivity contribution in [2.45, 2.75) is 25.3 Å². The first-order valence-corrected chi connectivity index (χ1v) is 19.7. The molecule has 0 bridgehead atoms. The maximum Gasteiger partial charge on any atom is 0.161 e. The molecule has 1 atom stereocenters. The summed E-state index contributed by atoms with van der Waals surface area (Å²) in [4.78, 5) is 14.4. The fourth-order valence-electron chi connectivity index (χ4n) is 8.30. The molecule has 278 valence electrons. The minimum atomic E-state index is -0.0267. The number of amidine groups is 2. The zero-order valence-corrected chi connectivity index (χ0v) is 32.2. The molecule has 2 heterocycles. The van der Waals surface area contributed by atoms with Gasteiger partial charge in [-0.05, 0) is 83.9 Å². The van der Waals surface area contributed by atoms with Gasteiger partial charge in [0.15, 0.2) is 11.7 Å². The molecule has 9 aromatic rings. The van der Waals surface area contributed by atoms with Gasteiger partial charge in [-0.15, -0.1) is 0 Å². The summed E-state index contributed by atoms with van der Waals surface area (Å²) >= 11 is 0. The Morgan fingerprint density at radius 2 is 1.40 bits per heavy atom. The monoisotopic (exact) mass is 748 g/mol. The van der Waals surface area contributed by atoms with E-state index in [1.165, 1.54) is 27.4 Å². The average Bonchev–Trinajstić information content (AvgIpc) is 3.82. The van der Waals surface area contributed by atoms with Crippen LogP contribution in [-0.4, -0.2) is 23.0 Å². The van der Waals surface area contributed by atoms with Crippen molar-refractivity contribution < 1.29 is 4.42 Å². The first-order chi connectivity index (χ1) is 28.5. The van der Waals surface area contributed by atoms with Crippen molar-refractivity contribution in [1.29, 1.82) is 0 Å². The molecule has 0 N–H and O–H groups in total. The van der Waals surface area contributed by atoms with Gasteiger partial charge in [0.05, 0.1) is 17.6 Å². The summed E-state index contributed by atoms with van der Waals surface area (Å²) in [5.41, 5.74) is 11.4. The summed E-state index contributed by atoms with van der Waals surface area (Å²) in [5.74, 6) is 1.10. The van der Waals surface area contributed by atoms with Gasteiger partial charge in [-0.2, -0.15) is 0 Å². The smallest absolute Gasteiger partial charge is 0.161 e. The van der Waals surface area contributed by atoms with Crippen molar-refractivity contribution in [1.82, 2.24) is 4.57 Å². The minimum Gasteiger partial charge on any atom is -0.456 e. The highest BCUT2D eigenvalue weighted by molar-refractivity contribution is 6.13. The number of rotatable bonds is 7. The highest BCUT2D eigenvalue weighted by Gasteiger charge is 2.25. The molecule has 5 heteroatoms. The van der Waals surface area contributed by atoms with Crippen LogP contribution in [0.2, 0.25) is 0 Å². The highest BCUT2D eigenvalue weighted by atomic mass is 16.3. The SMILES string of the molecule is C=N/C(=N\C(=N/Cc1ccc2c(c1)oc1ccc(-n3c4ccccc4c4cc(C5(C)C=CC=CC5)ccc43)cc12)c1cccc(-c2ccccc2)c1)c1ccccc1. The van der Waals surface area contributed by atoms with Gasteiger partial charge in [0, 0.05) is 43.8 Å². The van der Waals surface area contributed by atoms with E-state index in [-0.39, 0.29) is 5.41 Å². The van der Waals surface area contributed by atoms with Crippen LogP contribution in [0.4, 0.5) is 0 Å². The molecule has 58 heavy (non-hydrogen) atoms. The molecule has 1 aliphatic rings. The van der Waals surface area contributed by atoms with E-state index in [4.69, 9.17) is 14.4 Å². The van der Waals surface area contributed by atoms with Crippen LogP contribution in [-0.2, 0) is 12.0 Å². The van der Waals surface area contributed by atoms with E-state index in [1.54, 1.807) is 0 Å². The number of furan rings is 1. The molecule has 10 rings (SSSR count). The fourth-order valence-corrected chi connectivity index (χ4v) is 8.30. The normalized spacial score (nSPS) is 15.9. The molecular formula is C53H40N4O. The van der Waals surface area contributed by atoms with Crippen LogP contribution in [0, 0.1) is 0 Å². The number of aliphatic imine (C=N–C) groups is 3. The number of aromatic nitrogens is 1. The van der Waals surface area contributed by atoms with E-state index < -0.39 is 0 Å². The lowest BCUT2D eigenvalue weighted by molar-refractivity contribution is 0.600. The van der Waals surface area contributed by atoms with Crippen molar-refractivity contribution >= 4 is 62.1 Å². The van der Waals surface area contributed by atoms with Crippen LogP contribution in [0.25, 0.3) is 60.6 Å². The highest BCUT2D eigenvalue weighted by Crippen LogP contribution is 2.39. The Bertz CT molecular complexity index is 3140. The Kier molecular flexibility index (Phi) is 8.83. The van der Waals surface area contributed by atoms with Crippen LogP contribution in [0.3, 0.4) is 0 Å². The van der Waals surface area contributed by atoms with Crippen molar-refractivity contribution in [3.63, 3.8) is 0 Å². The Balaban J connectivity index is 1.02. The Hall–Kier alpha value is -7.37. The number of nitrogens with zero attached hydrogens (tertiary/aromatic N) is 4. The van der Waals surface area contributed by atoms with Crippen molar-refractivity contribution in [3.8, 4) is 16.8 Å². The Labute approximate surface area is 337 Å². The van der Waals surface area contributed by atoms with E-state index in [0.29, 0.717) is 18.2 Å². The topological polar surface area (TPSA) is 55.1 Å². The first kappa shape index (κ1) is 35.1. The quantitative estimate of drug-likeness (QED) is 0.118. The van der Waals surface area contributed by atoms with Crippen LogP contribution >= 0.6 is 0 Å². The summed E-state index contributed by atoms with van der Waals surface area (Å²) in [6, 6.07) is 57.1. The second-order valence-electron chi connectivity index (χ2n) is 15.2. The third-order valence-corrected chi connectivity index (χ3v) is 11.4. The van der Waals surface area contributed by atoms with Gasteiger partial charge in [-0.1, -0.05) is 146 Å². The van der Waals surface area contributed by atoms with Gasteiger partial charge >= 0.3 is 0 Å². The lowest BCUT2D eigenvalue weighted by Gasteiger charge is -2.27. The maximum atomic E-state index is 6.51. The largest absolute Gasteiger partial charge is 0.456 e. The van der Waals surface area contributed by atoms with E-state index >= 15 is 0 Å². The van der Waals surface area contributed by atoms with Gasteiger partial charge in [-0.3, -0.25) is 4.99 Å². The molecule has 0 saturated carbocycles.